The van der Waals surface area contributed by atoms with E-state index in [-0.39, 0.29) is 11.3 Å². The molecule has 2 rings (SSSR count). The van der Waals surface area contributed by atoms with Crippen LogP contribution in [0.4, 0.5) is 0 Å². The van der Waals surface area contributed by atoms with Crippen LogP contribution in [0.25, 0.3) is 0 Å². The Balaban J connectivity index is 1.95. The zero-order chi connectivity index (χ0) is 13.0. The second-order valence-corrected chi connectivity index (χ2v) is 4.91. The number of aryl methyl sites for hydroxylation is 1. The topological polar surface area (TPSA) is 85.8 Å². The number of amides is 1. The highest BCUT2D eigenvalue weighted by Crippen LogP contribution is 2.37. The molecule has 1 aromatic rings. The number of carbonyl (C=O) groups excluding carboxylic acids is 1. The average Bonchev–Trinajstić information content (AvgIpc) is 3.05. The van der Waals surface area contributed by atoms with Crippen molar-refractivity contribution < 1.29 is 4.79 Å². The van der Waals surface area contributed by atoms with Crippen molar-refractivity contribution in [3.63, 3.8) is 0 Å². The van der Waals surface area contributed by atoms with Crippen LogP contribution in [-0.4, -0.2) is 27.2 Å². The Labute approximate surface area is 107 Å². The Hall–Kier alpha value is -1.43. The fourth-order valence-corrected chi connectivity index (χ4v) is 2.60. The molecular formula is C12H21N5O. The molecule has 6 heteroatoms. The molecular weight excluding hydrogens is 230 g/mol. The van der Waals surface area contributed by atoms with Crippen LogP contribution >= 0.6 is 0 Å². The minimum absolute atomic E-state index is 0.0631. The molecule has 1 amide bonds. The first-order chi connectivity index (χ1) is 8.72. The van der Waals surface area contributed by atoms with Crippen molar-refractivity contribution in [1.29, 1.82) is 0 Å². The normalized spacial score (nSPS) is 17.9. The highest BCUT2D eigenvalue weighted by atomic mass is 16.2. The smallest absolute Gasteiger partial charge is 0.227 e. The number of hydrogen-bond acceptors (Lipinski definition) is 4. The van der Waals surface area contributed by atoms with E-state index in [9.17, 15) is 4.79 Å². The first-order valence-corrected chi connectivity index (χ1v) is 6.57. The van der Waals surface area contributed by atoms with Gasteiger partial charge in [0.05, 0.1) is 12.0 Å². The second-order valence-electron chi connectivity index (χ2n) is 4.91. The molecule has 0 aromatic carbocycles. The van der Waals surface area contributed by atoms with E-state index in [0.29, 0.717) is 13.1 Å². The van der Waals surface area contributed by atoms with Crippen LogP contribution in [0, 0.1) is 5.41 Å². The molecule has 3 N–H and O–H groups in total. The lowest BCUT2D eigenvalue weighted by atomic mass is 9.85. The van der Waals surface area contributed by atoms with E-state index in [4.69, 9.17) is 5.73 Å². The maximum Gasteiger partial charge on any atom is 0.227 e. The van der Waals surface area contributed by atoms with Gasteiger partial charge < -0.3 is 15.6 Å². The monoisotopic (exact) mass is 251 g/mol. The zero-order valence-electron chi connectivity index (χ0n) is 10.9. The first-order valence-electron chi connectivity index (χ1n) is 6.57. The van der Waals surface area contributed by atoms with Gasteiger partial charge >= 0.3 is 0 Å². The minimum atomic E-state index is -0.350. The Morgan fingerprint density at radius 2 is 2.28 bits per heavy atom. The van der Waals surface area contributed by atoms with Crippen LogP contribution in [0.3, 0.4) is 0 Å². The highest BCUT2D eigenvalue weighted by Gasteiger charge is 2.39. The molecule has 1 aliphatic carbocycles. The standard InChI is InChI=1S/C12H21N5O/c1-2-17-9-15-16-10(17)7-14-11(18)12(8-13)5-3-4-6-12/h9H,2-8,13H2,1H3,(H,14,18). The van der Waals surface area contributed by atoms with Gasteiger partial charge in [-0.05, 0) is 19.8 Å². The molecule has 1 aromatic heterocycles. The van der Waals surface area contributed by atoms with Gasteiger partial charge in [-0.25, -0.2) is 0 Å². The molecule has 1 fully saturated rings. The molecule has 0 saturated heterocycles. The predicted molar refractivity (Wildman–Crippen MR) is 67.5 cm³/mol. The molecule has 1 aliphatic rings. The Morgan fingerprint density at radius 1 is 1.56 bits per heavy atom. The van der Waals surface area contributed by atoms with E-state index in [1.807, 2.05) is 11.5 Å². The summed E-state index contributed by atoms with van der Waals surface area (Å²) in [5, 5.41) is 10.8. The summed E-state index contributed by atoms with van der Waals surface area (Å²) in [6, 6.07) is 0. The van der Waals surface area contributed by atoms with Crippen LogP contribution < -0.4 is 11.1 Å². The summed E-state index contributed by atoms with van der Waals surface area (Å²) in [5.41, 5.74) is 5.43. The molecule has 0 bridgehead atoms. The Kier molecular flexibility index (Phi) is 3.96. The SMILES string of the molecule is CCn1cnnc1CNC(=O)C1(CN)CCCC1. The molecule has 0 spiro atoms. The molecule has 100 valence electrons. The van der Waals surface area contributed by atoms with Crippen molar-refractivity contribution >= 4 is 5.91 Å². The highest BCUT2D eigenvalue weighted by molar-refractivity contribution is 5.83. The van der Waals surface area contributed by atoms with E-state index in [1.54, 1.807) is 6.33 Å². The van der Waals surface area contributed by atoms with Crippen molar-refractivity contribution in [2.45, 2.75) is 45.7 Å². The lowest BCUT2D eigenvalue weighted by Gasteiger charge is -2.25. The van der Waals surface area contributed by atoms with Gasteiger partial charge in [0.25, 0.3) is 0 Å². The lowest BCUT2D eigenvalue weighted by molar-refractivity contribution is -0.130. The van der Waals surface area contributed by atoms with Crippen LogP contribution in [0.1, 0.15) is 38.4 Å². The maximum absolute atomic E-state index is 12.2. The van der Waals surface area contributed by atoms with Crippen molar-refractivity contribution in [1.82, 2.24) is 20.1 Å². The summed E-state index contributed by atoms with van der Waals surface area (Å²) in [5.74, 6) is 0.851. The van der Waals surface area contributed by atoms with Crippen molar-refractivity contribution in [2.75, 3.05) is 6.54 Å². The van der Waals surface area contributed by atoms with E-state index < -0.39 is 0 Å². The van der Waals surface area contributed by atoms with Crippen LogP contribution in [0.2, 0.25) is 0 Å². The van der Waals surface area contributed by atoms with Gasteiger partial charge in [-0.1, -0.05) is 12.8 Å². The van der Waals surface area contributed by atoms with E-state index in [1.165, 1.54) is 0 Å². The van der Waals surface area contributed by atoms with Gasteiger partial charge in [0.1, 0.15) is 6.33 Å². The summed E-state index contributed by atoms with van der Waals surface area (Å²) in [7, 11) is 0. The number of nitrogens with two attached hydrogens (primary N) is 1. The van der Waals surface area contributed by atoms with Crippen LogP contribution in [-0.2, 0) is 17.9 Å². The molecule has 1 saturated carbocycles. The Morgan fingerprint density at radius 3 is 2.89 bits per heavy atom. The van der Waals surface area contributed by atoms with Crippen molar-refractivity contribution in [3.8, 4) is 0 Å². The fourth-order valence-electron chi connectivity index (χ4n) is 2.60. The minimum Gasteiger partial charge on any atom is -0.348 e. The molecule has 0 radical (unpaired) electrons. The third-order valence-corrected chi connectivity index (χ3v) is 3.88. The number of hydrogen-bond donors (Lipinski definition) is 2. The van der Waals surface area contributed by atoms with E-state index >= 15 is 0 Å². The summed E-state index contributed by atoms with van der Waals surface area (Å²) in [6.45, 7) is 3.68. The van der Waals surface area contributed by atoms with Crippen LogP contribution in [0.15, 0.2) is 6.33 Å². The summed E-state index contributed by atoms with van der Waals surface area (Å²) < 4.78 is 1.92. The van der Waals surface area contributed by atoms with Crippen molar-refractivity contribution in [3.05, 3.63) is 12.2 Å². The molecule has 0 unspecified atom stereocenters. The van der Waals surface area contributed by atoms with Crippen LogP contribution in [0.5, 0.6) is 0 Å². The molecule has 18 heavy (non-hydrogen) atoms. The number of nitrogens with zero attached hydrogens (tertiary/aromatic N) is 3. The molecule has 0 atom stereocenters. The third kappa shape index (κ3) is 2.38. The number of carbonyl (C=O) groups is 1. The second kappa shape index (κ2) is 5.48. The lowest BCUT2D eigenvalue weighted by Crippen LogP contribution is -2.44. The number of nitrogens with one attached hydrogen (secondary N) is 1. The summed E-state index contributed by atoms with van der Waals surface area (Å²) in [4.78, 5) is 12.2. The zero-order valence-corrected chi connectivity index (χ0v) is 10.9. The summed E-state index contributed by atoms with van der Waals surface area (Å²) in [6.07, 6.45) is 5.66. The third-order valence-electron chi connectivity index (χ3n) is 3.88. The molecule has 1 heterocycles. The number of aromatic nitrogens is 3. The summed E-state index contributed by atoms with van der Waals surface area (Å²) >= 11 is 0. The average molecular weight is 251 g/mol. The van der Waals surface area contributed by atoms with Gasteiger partial charge in [0, 0.05) is 13.1 Å². The maximum atomic E-state index is 12.2. The Bertz CT molecular complexity index is 408. The van der Waals surface area contributed by atoms with Gasteiger partial charge in [-0.15, -0.1) is 10.2 Å². The van der Waals surface area contributed by atoms with Gasteiger partial charge in [0.15, 0.2) is 5.82 Å². The largest absolute Gasteiger partial charge is 0.348 e. The number of rotatable bonds is 5. The molecule has 0 aliphatic heterocycles. The fraction of sp³-hybridized carbons (Fsp3) is 0.750. The quantitative estimate of drug-likeness (QED) is 0.794. The van der Waals surface area contributed by atoms with E-state index in [0.717, 1.165) is 38.1 Å². The predicted octanol–water partition coefficient (Wildman–Crippen LogP) is 0.433. The molecule has 6 nitrogen and oxygen atoms in total. The first kappa shape index (κ1) is 13.0. The van der Waals surface area contributed by atoms with Gasteiger partial charge in [0.2, 0.25) is 5.91 Å². The van der Waals surface area contributed by atoms with Gasteiger partial charge in [-0.3, -0.25) is 4.79 Å². The van der Waals surface area contributed by atoms with Crippen molar-refractivity contribution in [2.24, 2.45) is 11.1 Å². The van der Waals surface area contributed by atoms with Gasteiger partial charge in [-0.2, -0.15) is 0 Å². The van der Waals surface area contributed by atoms with E-state index in [2.05, 4.69) is 15.5 Å².